The van der Waals surface area contributed by atoms with Crippen molar-refractivity contribution in [2.24, 2.45) is 0 Å². The zero-order chi connectivity index (χ0) is 43.7. The van der Waals surface area contributed by atoms with Gasteiger partial charge in [0.15, 0.2) is 0 Å². The molecule has 3 heteroatoms. The van der Waals surface area contributed by atoms with Crippen LogP contribution in [0, 0.1) is 0 Å². The molecule has 15 rings (SSSR count). The summed E-state index contributed by atoms with van der Waals surface area (Å²) in [5.74, 6) is 0. The number of hydrogen-bond acceptors (Lipinski definition) is 3. The van der Waals surface area contributed by atoms with Crippen molar-refractivity contribution in [2.45, 2.75) is 0 Å². The van der Waals surface area contributed by atoms with Crippen LogP contribution in [-0.2, 0) is 0 Å². The van der Waals surface area contributed by atoms with Gasteiger partial charge in [-0.25, -0.2) is 0 Å². The molecule has 15 aromatic rings. The first-order valence-corrected chi connectivity index (χ1v) is 24.5. The van der Waals surface area contributed by atoms with Crippen LogP contribution < -0.4 is 0 Å². The van der Waals surface area contributed by atoms with E-state index in [4.69, 9.17) is 4.42 Å². The third-order valence-electron chi connectivity index (χ3n) is 14.3. The first-order chi connectivity index (χ1) is 33.2. The fraction of sp³-hybridized carbons (Fsp3) is 0. The molecule has 310 valence electrons. The molecule has 0 fully saturated rings. The lowest BCUT2D eigenvalue weighted by Crippen LogP contribution is -1.91. The first kappa shape index (κ1) is 37.2. The smallest absolute Gasteiger partial charge is 0.143 e. The van der Waals surface area contributed by atoms with E-state index in [1.807, 2.05) is 22.7 Å². The van der Waals surface area contributed by atoms with Gasteiger partial charge in [0.25, 0.3) is 0 Å². The lowest BCUT2D eigenvalue weighted by Gasteiger charge is -2.18. The molecule has 0 radical (unpaired) electrons. The molecule has 1 nitrogen and oxygen atoms in total. The summed E-state index contributed by atoms with van der Waals surface area (Å²) in [6.45, 7) is 0. The molecule has 0 saturated heterocycles. The second-order valence-electron chi connectivity index (χ2n) is 17.8. The van der Waals surface area contributed by atoms with Gasteiger partial charge in [-0.05, 0) is 113 Å². The van der Waals surface area contributed by atoms with Crippen LogP contribution in [0.25, 0.3) is 150 Å². The van der Waals surface area contributed by atoms with Crippen molar-refractivity contribution in [1.29, 1.82) is 0 Å². The van der Waals surface area contributed by atoms with Crippen molar-refractivity contribution >= 4 is 128 Å². The van der Waals surface area contributed by atoms with E-state index in [2.05, 4.69) is 218 Å². The number of hydrogen-bond donors (Lipinski definition) is 0. The van der Waals surface area contributed by atoms with Crippen molar-refractivity contribution in [3.8, 4) is 44.5 Å². The molecule has 0 bridgehead atoms. The summed E-state index contributed by atoms with van der Waals surface area (Å²) in [4.78, 5) is 0. The van der Waals surface area contributed by atoms with Crippen molar-refractivity contribution in [2.75, 3.05) is 0 Å². The minimum atomic E-state index is 0.884. The van der Waals surface area contributed by atoms with Gasteiger partial charge in [0.05, 0.1) is 0 Å². The van der Waals surface area contributed by atoms with E-state index in [1.54, 1.807) is 0 Å². The number of para-hydroxylation sites is 1. The van der Waals surface area contributed by atoms with Gasteiger partial charge in [-0.3, -0.25) is 0 Å². The quantitative estimate of drug-likeness (QED) is 0.161. The highest BCUT2D eigenvalue weighted by molar-refractivity contribution is 7.26. The van der Waals surface area contributed by atoms with Crippen molar-refractivity contribution in [3.63, 3.8) is 0 Å². The lowest BCUT2D eigenvalue weighted by molar-refractivity contribution is 0.670. The van der Waals surface area contributed by atoms with Crippen LogP contribution in [0.1, 0.15) is 0 Å². The molecular formula is C64H36OS2. The Kier molecular flexibility index (Phi) is 7.88. The Morgan fingerprint density at radius 1 is 0.239 bits per heavy atom. The summed E-state index contributed by atoms with van der Waals surface area (Å²) in [5, 5.41) is 17.4. The van der Waals surface area contributed by atoms with Crippen LogP contribution in [-0.4, -0.2) is 0 Å². The van der Waals surface area contributed by atoms with E-state index in [1.165, 1.54) is 117 Å². The zero-order valence-electron chi connectivity index (χ0n) is 36.0. The number of rotatable bonds is 4. The molecule has 12 aromatic carbocycles. The summed E-state index contributed by atoms with van der Waals surface area (Å²) < 4.78 is 12.4. The lowest BCUT2D eigenvalue weighted by atomic mass is 9.85. The van der Waals surface area contributed by atoms with Gasteiger partial charge < -0.3 is 4.42 Å². The van der Waals surface area contributed by atoms with E-state index in [9.17, 15) is 0 Å². The van der Waals surface area contributed by atoms with Crippen LogP contribution in [0.5, 0.6) is 0 Å². The van der Waals surface area contributed by atoms with Crippen molar-refractivity contribution in [1.82, 2.24) is 0 Å². The summed E-state index contributed by atoms with van der Waals surface area (Å²) in [7, 11) is 0. The van der Waals surface area contributed by atoms with E-state index in [-0.39, 0.29) is 0 Å². The van der Waals surface area contributed by atoms with Crippen LogP contribution in [0.2, 0.25) is 0 Å². The summed E-state index contributed by atoms with van der Waals surface area (Å²) in [5.41, 5.74) is 11.5. The van der Waals surface area contributed by atoms with E-state index >= 15 is 0 Å². The minimum Gasteiger partial charge on any atom is -0.455 e. The van der Waals surface area contributed by atoms with Gasteiger partial charge in [0.2, 0.25) is 0 Å². The Bertz CT molecular complexity index is 4470. The van der Waals surface area contributed by atoms with Crippen molar-refractivity contribution in [3.05, 3.63) is 218 Å². The maximum absolute atomic E-state index is 7.18. The molecule has 67 heavy (non-hydrogen) atoms. The second-order valence-corrected chi connectivity index (χ2v) is 20.0. The third kappa shape index (κ3) is 5.41. The van der Waals surface area contributed by atoms with Crippen LogP contribution in [0.4, 0.5) is 0 Å². The molecule has 0 N–H and O–H groups in total. The zero-order valence-corrected chi connectivity index (χ0v) is 37.6. The fourth-order valence-electron chi connectivity index (χ4n) is 11.4. The predicted octanol–water partition coefficient (Wildman–Crippen LogP) is 19.6. The molecule has 3 aromatic heterocycles. The molecule has 0 unspecified atom stereocenters. The van der Waals surface area contributed by atoms with Gasteiger partial charge in [0, 0.05) is 62.2 Å². The molecule has 0 aliphatic rings. The van der Waals surface area contributed by atoms with Gasteiger partial charge in [0.1, 0.15) is 11.2 Å². The molecule has 3 heterocycles. The van der Waals surface area contributed by atoms with Gasteiger partial charge in [-0.2, -0.15) is 0 Å². The highest BCUT2D eigenvalue weighted by Gasteiger charge is 2.23. The Hall–Kier alpha value is -8.08. The Balaban J connectivity index is 0.925. The highest BCUT2D eigenvalue weighted by Crippen LogP contribution is 2.50. The van der Waals surface area contributed by atoms with Crippen LogP contribution >= 0.6 is 22.7 Å². The largest absolute Gasteiger partial charge is 0.455 e. The van der Waals surface area contributed by atoms with Gasteiger partial charge in [-0.1, -0.05) is 182 Å². The molecule has 0 aliphatic carbocycles. The highest BCUT2D eigenvalue weighted by atomic mass is 32.1. The SMILES string of the molecule is c1ccc2c(c1)sc1cc(-c3c4ccccc4c(-c4ccc5c(c4)oc4c(-c6c7ccccc7c(-c7ccc8c(c7)sc7ccccc78)c7ccccc67)cccc45)c4ccccc34)ccc12. The van der Waals surface area contributed by atoms with E-state index in [0.29, 0.717) is 0 Å². The summed E-state index contributed by atoms with van der Waals surface area (Å²) in [6.07, 6.45) is 0. The maximum Gasteiger partial charge on any atom is 0.143 e. The summed E-state index contributed by atoms with van der Waals surface area (Å²) in [6, 6.07) is 80.8. The molecular weight excluding hydrogens is 849 g/mol. The van der Waals surface area contributed by atoms with Gasteiger partial charge in [-0.15, -0.1) is 22.7 Å². The van der Waals surface area contributed by atoms with Gasteiger partial charge >= 0.3 is 0 Å². The standard InChI is InChI=1S/C64H36OS2/c1-3-18-47-45(16-1)60(46-17-2-4-19-48(46)61(47)38-29-32-43-41-14-9-11-26-56(41)66-58(43)35-38)37-28-31-40-53-24-13-25-54(64(53)65-55(40)34-37)63-51-22-7-5-20-49(51)62(50-21-6-8-23-52(50)63)39-30-33-44-42-15-10-12-27-57(42)67-59(44)36-39/h1-36H. The van der Waals surface area contributed by atoms with Crippen LogP contribution in [0.15, 0.2) is 223 Å². The van der Waals surface area contributed by atoms with Crippen molar-refractivity contribution < 1.29 is 4.42 Å². The monoisotopic (exact) mass is 884 g/mol. The molecule has 0 spiro atoms. The molecule has 0 saturated carbocycles. The van der Waals surface area contributed by atoms with E-state index in [0.717, 1.165) is 33.1 Å². The second kappa shape index (κ2) is 14.2. The Labute approximate surface area is 393 Å². The first-order valence-electron chi connectivity index (χ1n) is 22.9. The normalized spacial score (nSPS) is 12.2. The summed E-state index contributed by atoms with van der Waals surface area (Å²) >= 11 is 3.75. The third-order valence-corrected chi connectivity index (χ3v) is 16.5. The number of furan rings is 1. The Morgan fingerprint density at radius 2 is 0.582 bits per heavy atom. The Morgan fingerprint density at radius 3 is 1.03 bits per heavy atom. The fourth-order valence-corrected chi connectivity index (χ4v) is 13.7. The maximum atomic E-state index is 7.18. The number of fused-ring (bicyclic) bond motifs is 13. The van der Waals surface area contributed by atoms with Crippen LogP contribution in [0.3, 0.4) is 0 Å². The van der Waals surface area contributed by atoms with E-state index < -0.39 is 0 Å². The number of benzene rings is 12. The minimum absolute atomic E-state index is 0.884. The molecule has 0 atom stereocenters. The average Bonchev–Trinajstić information content (AvgIpc) is 4.07. The topological polar surface area (TPSA) is 13.1 Å². The predicted molar refractivity (Wildman–Crippen MR) is 291 cm³/mol. The number of thiophene rings is 2. The molecule has 0 amide bonds. The molecule has 0 aliphatic heterocycles. The average molecular weight is 885 g/mol.